The van der Waals surface area contributed by atoms with Gasteiger partial charge in [-0.25, -0.2) is 34.4 Å². The number of Topliss-reactive ketones (excluding diaryl/α,β-unsaturated/α-hetero) is 3. The quantitative estimate of drug-likeness (QED) is 0.0192. The predicted molar refractivity (Wildman–Crippen MR) is 368 cm³/mol. The molecule has 586 valence electrons. The van der Waals surface area contributed by atoms with Crippen molar-refractivity contribution in [2.24, 2.45) is 5.92 Å². The first kappa shape index (κ1) is 91.4. The Hall–Kier alpha value is -9.69. The number of amides is 12. The highest BCUT2D eigenvalue weighted by atomic mass is 32.2. The summed E-state index contributed by atoms with van der Waals surface area (Å²) in [4.78, 5) is 223. The maximum absolute atomic E-state index is 13.5. The Balaban J connectivity index is 1.71. The molecule has 1 fully saturated rings. The van der Waals surface area contributed by atoms with E-state index in [2.05, 4.69) is 37.2 Å². The molecule has 15 N–H and O–H groups in total. The lowest BCUT2D eigenvalue weighted by atomic mass is 9.93. The van der Waals surface area contributed by atoms with Crippen LogP contribution in [0.3, 0.4) is 0 Å². The van der Waals surface area contributed by atoms with Gasteiger partial charge in [-0.05, 0) is 81.8 Å². The minimum absolute atomic E-state index is 0.00351. The zero-order valence-corrected chi connectivity index (χ0v) is 59.8. The number of nitrogens with one attached hydrogen (secondary N) is 7. The number of rotatable bonds is 58. The number of benzene rings is 1. The zero-order valence-electron chi connectivity index (χ0n) is 59.0. The van der Waals surface area contributed by atoms with Crippen molar-refractivity contribution in [3.63, 3.8) is 0 Å². The molecule has 38 heteroatoms. The Bertz CT molecular complexity index is 3120. The maximum Gasteiger partial charge on any atom is 0.327 e. The molecular formula is C67H101N11O26S. The average Bonchev–Trinajstić information content (AvgIpc) is 1.67. The number of hydrogen-bond acceptors (Lipinski definition) is 22. The van der Waals surface area contributed by atoms with E-state index in [0.29, 0.717) is 109 Å². The van der Waals surface area contributed by atoms with Gasteiger partial charge in [-0.3, -0.25) is 87.6 Å². The first-order chi connectivity index (χ1) is 49.8. The lowest BCUT2D eigenvalue weighted by Crippen LogP contribution is -2.48. The number of unbranched alkanes of at least 4 members (excludes halogenated alkanes) is 9. The molecular weight excluding hydrogens is 1410 g/mol. The highest BCUT2D eigenvalue weighted by Crippen LogP contribution is 2.27. The molecule has 105 heavy (non-hydrogen) atoms. The van der Waals surface area contributed by atoms with E-state index in [4.69, 9.17) is 5.11 Å². The number of likely N-dealkylation sites (tertiary alicyclic amines) is 1. The minimum Gasteiger partial charge on any atom is -0.481 e. The number of aliphatic carboxylic acids is 5. The number of carboxylic acids is 5. The molecule has 0 saturated carbocycles. The van der Waals surface area contributed by atoms with Gasteiger partial charge in [0, 0.05) is 129 Å². The van der Waals surface area contributed by atoms with E-state index in [9.17, 15) is 122 Å². The van der Waals surface area contributed by atoms with E-state index >= 15 is 0 Å². The van der Waals surface area contributed by atoms with Crippen LogP contribution in [0.2, 0.25) is 0 Å². The second-order valence-corrected chi connectivity index (χ2v) is 26.4. The van der Waals surface area contributed by atoms with Crippen LogP contribution in [0.4, 0.5) is 9.59 Å². The molecule has 12 amide bonds. The fraction of sp³-hybridized carbons (Fsp3) is 0.642. The number of ketones is 3. The summed E-state index contributed by atoms with van der Waals surface area (Å²) in [6, 6.07) is 0.0345. The van der Waals surface area contributed by atoms with Crippen LogP contribution in [-0.2, 0) is 89.7 Å². The number of nitrogens with zero attached hydrogens (tertiary/aromatic N) is 4. The maximum atomic E-state index is 13.5. The fourth-order valence-corrected chi connectivity index (χ4v) is 11.6. The van der Waals surface area contributed by atoms with Gasteiger partial charge in [0.25, 0.3) is 0 Å². The van der Waals surface area contributed by atoms with Crippen LogP contribution in [0.5, 0.6) is 0 Å². The van der Waals surface area contributed by atoms with Crippen molar-refractivity contribution >= 4 is 118 Å². The molecule has 0 aliphatic carbocycles. The largest absolute Gasteiger partial charge is 0.481 e. The van der Waals surface area contributed by atoms with E-state index in [1.165, 1.54) is 19.1 Å². The number of thioether (sulfide) groups is 1. The fourth-order valence-electron chi connectivity index (χ4n) is 10.4. The van der Waals surface area contributed by atoms with Crippen LogP contribution in [-0.4, -0.2) is 243 Å². The van der Waals surface area contributed by atoms with E-state index < -0.39 is 156 Å². The van der Waals surface area contributed by atoms with E-state index in [-0.39, 0.29) is 135 Å². The Morgan fingerprint density at radius 1 is 0.486 bits per heavy atom. The lowest BCUT2D eigenvalue weighted by molar-refractivity contribution is -0.166. The average molecular weight is 1510 g/mol. The molecule has 1 saturated heterocycles. The predicted octanol–water partition coefficient (Wildman–Crippen LogP) is 2.20. The van der Waals surface area contributed by atoms with Crippen molar-refractivity contribution in [3.05, 3.63) is 35.4 Å². The Morgan fingerprint density at radius 2 is 1.01 bits per heavy atom. The van der Waals surface area contributed by atoms with Gasteiger partial charge in [-0.15, -0.1) is 11.8 Å². The van der Waals surface area contributed by atoms with Crippen molar-refractivity contribution in [1.82, 2.24) is 57.3 Å². The number of carbonyl (C=O) groups excluding carboxylic acids is 13. The first-order valence-corrected chi connectivity index (χ1v) is 35.9. The summed E-state index contributed by atoms with van der Waals surface area (Å²) >= 11 is 0.695. The van der Waals surface area contributed by atoms with Gasteiger partial charge < -0.3 is 62.8 Å². The number of hydrogen-bond donors (Lipinski definition) is 15. The van der Waals surface area contributed by atoms with E-state index in [1.54, 1.807) is 12.1 Å². The number of carbonyl (C=O) groups is 18. The smallest absolute Gasteiger partial charge is 0.327 e. The molecule has 1 unspecified atom stereocenters. The molecule has 0 bridgehead atoms. The molecule has 1 aromatic carbocycles. The summed E-state index contributed by atoms with van der Waals surface area (Å²) in [6.45, 7) is 1.70. The number of carboxylic acid groups (broad SMARTS) is 5. The second-order valence-electron chi connectivity index (χ2n) is 25.1. The SMILES string of the molecule is CC(=O)N(O)CCCCCCC(=O)CCC(=O)N(O)CCCCCNC(=O)CCC(=O)N(O)CCCCCCC(=O)CCN1C(=O)CC(SC[C@H](NC(=O)[C@H](CC(=O)O)CC(=O)[C@H](CC(=O)O)NC(=O)Cc2ccc(CNC(=O)NCCCC[C@H](NC(=O)NCCCC(=O)O)C(=O)O)cc2)C(=O)O)C1=O. The van der Waals surface area contributed by atoms with Crippen LogP contribution in [0, 0.1) is 5.92 Å². The monoisotopic (exact) mass is 1510 g/mol. The summed E-state index contributed by atoms with van der Waals surface area (Å²) in [5.41, 5.74) is 0.962. The third kappa shape index (κ3) is 41.4. The van der Waals surface area contributed by atoms with Gasteiger partial charge in [-0.1, -0.05) is 49.9 Å². The highest BCUT2D eigenvalue weighted by molar-refractivity contribution is 8.00. The highest BCUT2D eigenvalue weighted by Gasteiger charge is 2.40. The van der Waals surface area contributed by atoms with Crippen molar-refractivity contribution < 1.29 is 127 Å². The Labute approximate surface area is 610 Å². The minimum atomic E-state index is -1.80. The second kappa shape index (κ2) is 51.5. The van der Waals surface area contributed by atoms with Crippen LogP contribution in [0.15, 0.2) is 24.3 Å². The summed E-state index contributed by atoms with van der Waals surface area (Å²) in [5.74, 6) is -16.4. The third-order valence-corrected chi connectivity index (χ3v) is 17.7. The zero-order chi connectivity index (χ0) is 78.4. The molecule has 1 aliphatic heterocycles. The summed E-state index contributed by atoms with van der Waals surface area (Å²) < 4.78 is 0. The van der Waals surface area contributed by atoms with Gasteiger partial charge in [0.05, 0.1) is 36.5 Å². The molecule has 1 aromatic rings. The summed E-state index contributed by atoms with van der Waals surface area (Å²) in [7, 11) is 0. The molecule has 1 heterocycles. The standard InChI is InChI=1S/C67H101N11O26S/c1-43(79)76(102)32-12-4-2-7-16-47(80)24-26-56(85)77(103)34-14-6-10-29-68-54(83)25-27-57(86)78(104)33-13-5-3-8-17-48(81)28-35-75-58(87)40-53(63(75)95)105-42-51(65(98)99)73-62(94)46(38-60(90)91)37-52(82)50(39-61(92)93)72-55(84)36-44-20-22-45(23-21-44)41-71-66(100)69-30-11-9-18-49(64(96)97)74-67(101)70-31-15-19-59(88)89/h20-23,46,49-51,53,102-104H,2-19,24-42H2,1H3,(H,68,83)(H,72,84)(H,73,94)(H,88,89)(H,90,91)(H,92,93)(H,96,97)(H,98,99)(H2,69,71,100)(H2,70,74,101)/t46-,49-,50-,51-,53?/m0/s1. The summed E-state index contributed by atoms with van der Waals surface area (Å²) in [5, 5.41) is 94.6. The topological polar surface area (TPSA) is 566 Å². The van der Waals surface area contributed by atoms with Gasteiger partial charge in [0.1, 0.15) is 23.7 Å². The molecule has 37 nitrogen and oxygen atoms in total. The Morgan fingerprint density at radius 3 is 1.59 bits per heavy atom. The van der Waals surface area contributed by atoms with Crippen LogP contribution >= 0.6 is 11.8 Å². The molecule has 0 radical (unpaired) electrons. The van der Waals surface area contributed by atoms with Crippen molar-refractivity contribution in [2.75, 3.05) is 51.6 Å². The van der Waals surface area contributed by atoms with Crippen molar-refractivity contribution in [3.8, 4) is 0 Å². The van der Waals surface area contributed by atoms with Gasteiger partial charge in [-0.2, -0.15) is 0 Å². The summed E-state index contributed by atoms with van der Waals surface area (Å²) in [6.07, 6.45) is 2.53. The van der Waals surface area contributed by atoms with Crippen LogP contribution in [0.1, 0.15) is 191 Å². The van der Waals surface area contributed by atoms with Crippen LogP contribution < -0.4 is 37.2 Å². The van der Waals surface area contributed by atoms with Crippen molar-refractivity contribution in [2.45, 2.75) is 217 Å². The number of urea groups is 2. The molecule has 2 rings (SSSR count). The molecule has 0 spiro atoms. The normalized spacial score (nSPS) is 13.6. The molecule has 5 atom stereocenters. The van der Waals surface area contributed by atoms with Gasteiger partial charge in [0.2, 0.25) is 47.3 Å². The van der Waals surface area contributed by atoms with Crippen molar-refractivity contribution in [1.29, 1.82) is 0 Å². The number of hydroxylamine groups is 6. The number of imide groups is 1. The molecule has 0 aromatic heterocycles. The van der Waals surface area contributed by atoms with Gasteiger partial charge in [0.15, 0.2) is 5.78 Å². The van der Waals surface area contributed by atoms with Gasteiger partial charge >= 0.3 is 41.9 Å². The lowest BCUT2D eigenvalue weighted by Gasteiger charge is -2.22. The van der Waals surface area contributed by atoms with Crippen LogP contribution in [0.25, 0.3) is 0 Å². The van der Waals surface area contributed by atoms with E-state index in [1.807, 2.05) is 0 Å². The van der Waals surface area contributed by atoms with E-state index in [0.717, 1.165) is 17.7 Å². The third-order valence-electron chi connectivity index (χ3n) is 16.4. The molecule has 1 aliphatic rings. The first-order valence-electron chi connectivity index (χ1n) is 34.8. The Kier molecular flexibility index (Phi) is 44.8.